The molecule has 0 saturated carbocycles. The average Bonchev–Trinajstić information content (AvgIpc) is 2.31. The molecule has 0 bridgehead atoms. The Kier molecular flexibility index (Phi) is 4.40. The summed E-state index contributed by atoms with van der Waals surface area (Å²) in [6.07, 6.45) is 0.489. The van der Waals surface area contributed by atoms with E-state index in [0.717, 1.165) is 0 Å². The SMILES string of the molecule is C=C[C@@H](O)C(c1ccccc1F)[C@@H](O)C=C. The van der Waals surface area contributed by atoms with Gasteiger partial charge < -0.3 is 10.2 Å². The van der Waals surface area contributed by atoms with Crippen LogP contribution < -0.4 is 0 Å². The molecule has 0 amide bonds. The van der Waals surface area contributed by atoms with Crippen molar-refractivity contribution in [3.63, 3.8) is 0 Å². The Morgan fingerprint density at radius 2 is 1.56 bits per heavy atom. The Morgan fingerprint density at radius 3 is 2.00 bits per heavy atom. The molecule has 0 spiro atoms. The minimum Gasteiger partial charge on any atom is -0.388 e. The molecular formula is C13H15FO2. The van der Waals surface area contributed by atoms with Gasteiger partial charge in [-0.25, -0.2) is 4.39 Å². The monoisotopic (exact) mass is 222 g/mol. The molecule has 0 aliphatic heterocycles. The Morgan fingerprint density at radius 1 is 1.06 bits per heavy atom. The minimum absolute atomic E-state index is 0.252. The normalized spacial score (nSPS) is 16.2. The Balaban J connectivity index is 3.15. The quantitative estimate of drug-likeness (QED) is 0.748. The summed E-state index contributed by atoms with van der Waals surface area (Å²) in [7, 11) is 0. The van der Waals surface area contributed by atoms with Crippen molar-refractivity contribution in [3.05, 3.63) is 61.0 Å². The molecule has 0 heterocycles. The van der Waals surface area contributed by atoms with Crippen molar-refractivity contribution in [1.82, 2.24) is 0 Å². The van der Waals surface area contributed by atoms with Crippen LogP contribution in [0.5, 0.6) is 0 Å². The topological polar surface area (TPSA) is 40.5 Å². The summed E-state index contributed by atoms with van der Waals surface area (Å²) in [5.41, 5.74) is 0.252. The molecule has 2 N–H and O–H groups in total. The van der Waals surface area contributed by atoms with Gasteiger partial charge in [-0.05, 0) is 11.6 Å². The summed E-state index contributed by atoms with van der Waals surface area (Å²) in [5.74, 6) is -1.24. The molecule has 0 aliphatic carbocycles. The summed E-state index contributed by atoms with van der Waals surface area (Å²) in [5, 5.41) is 19.4. The fourth-order valence-corrected chi connectivity index (χ4v) is 1.61. The second-order valence-electron chi connectivity index (χ2n) is 3.50. The molecule has 3 atom stereocenters. The predicted octanol–water partition coefficient (Wildman–Crippen LogP) is 2.00. The van der Waals surface area contributed by atoms with Gasteiger partial charge in [0, 0.05) is 5.92 Å². The van der Waals surface area contributed by atoms with Gasteiger partial charge in [0.05, 0.1) is 12.2 Å². The van der Waals surface area contributed by atoms with Gasteiger partial charge in [-0.2, -0.15) is 0 Å². The molecule has 1 rings (SSSR count). The molecule has 0 saturated heterocycles. The lowest BCUT2D eigenvalue weighted by atomic mass is 9.88. The first-order valence-corrected chi connectivity index (χ1v) is 4.97. The number of halogens is 1. The lowest BCUT2D eigenvalue weighted by Gasteiger charge is -2.24. The van der Waals surface area contributed by atoms with Crippen LogP contribution in [0, 0.1) is 5.82 Å². The first-order valence-electron chi connectivity index (χ1n) is 4.97. The van der Waals surface area contributed by atoms with E-state index in [2.05, 4.69) is 13.2 Å². The molecule has 16 heavy (non-hydrogen) atoms. The van der Waals surface area contributed by atoms with E-state index in [4.69, 9.17) is 0 Å². The van der Waals surface area contributed by atoms with E-state index in [1.54, 1.807) is 12.1 Å². The van der Waals surface area contributed by atoms with Crippen LogP contribution in [0.25, 0.3) is 0 Å². The van der Waals surface area contributed by atoms with Crippen molar-refractivity contribution in [2.45, 2.75) is 18.1 Å². The molecule has 0 aliphatic rings. The summed E-state index contributed by atoms with van der Waals surface area (Å²) >= 11 is 0. The summed E-state index contributed by atoms with van der Waals surface area (Å²) < 4.78 is 13.5. The highest BCUT2D eigenvalue weighted by molar-refractivity contribution is 5.26. The van der Waals surface area contributed by atoms with Gasteiger partial charge in [0.2, 0.25) is 0 Å². The van der Waals surface area contributed by atoms with Gasteiger partial charge in [-0.1, -0.05) is 30.4 Å². The number of rotatable bonds is 5. The smallest absolute Gasteiger partial charge is 0.126 e. The second kappa shape index (κ2) is 5.58. The fraction of sp³-hybridized carbons (Fsp3) is 0.231. The molecule has 1 aromatic carbocycles. The molecule has 2 nitrogen and oxygen atoms in total. The first kappa shape index (κ1) is 12.6. The molecule has 1 unspecified atom stereocenters. The third-order valence-electron chi connectivity index (χ3n) is 2.48. The van der Waals surface area contributed by atoms with Crippen LogP contribution in [0.1, 0.15) is 11.5 Å². The van der Waals surface area contributed by atoms with Crippen molar-refractivity contribution in [3.8, 4) is 0 Å². The average molecular weight is 222 g/mol. The van der Waals surface area contributed by atoms with Crippen molar-refractivity contribution >= 4 is 0 Å². The Hall–Kier alpha value is -1.45. The number of hydrogen-bond donors (Lipinski definition) is 2. The zero-order valence-electron chi connectivity index (χ0n) is 8.88. The van der Waals surface area contributed by atoms with E-state index in [9.17, 15) is 14.6 Å². The van der Waals surface area contributed by atoms with Gasteiger partial charge in [0.1, 0.15) is 5.82 Å². The van der Waals surface area contributed by atoms with Crippen LogP contribution in [0.3, 0.4) is 0 Å². The highest BCUT2D eigenvalue weighted by Crippen LogP contribution is 2.27. The van der Waals surface area contributed by atoms with Crippen LogP contribution in [-0.2, 0) is 0 Å². The van der Waals surface area contributed by atoms with E-state index in [-0.39, 0.29) is 5.56 Å². The molecule has 0 aromatic heterocycles. The van der Waals surface area contributed by atoms with Crippen molar-refractivity contribution in [1.29, 1.82) is 0 Å². The molecule has 86 valence electrons. The molecule has 1 aromatic rings. The van der Waals surface area contributed by atoms with Gasteiger partial charge in [-0.3, -0.25) is 0 Å². The molecule has 0 fully saturated rings. The van der Waals surface area contributed by atoms with Gasteiger partial charge in [0.25, 0.3) is 0 Å². The Labute approximate surface area is 94.4 Å². The lowest BCUT2D eigenvalue weighted by molar-refractivity contribution is 0.102. The fourth-order valence-electron chi connectivity index (χ4n) is 1.61. The molecule has 0 radical (unpaired) electrons. The van der Waals surface area contributed by atoms with Crippen molar-refractivity contribution in [2.24, 2.45) is 0 Å². The lowest BCUT2D eigenvalue weighted by Crippen LogP contribution is -2.27. The summed E-state index contributed by atoms with van der Waals surface area (Å²) in [6, 6.07) is 6.01. The third-order valence-corrected chi connectivity index (χ3v) is 2.48. The Bertz CT molecular complexity index is 362. The highest BCUT2D eigenvalue weighted by Gasteiger charge is 2.27. The van der Waals surface area contributed by atoms with E-state index in [0.29, 0.717) is 0 Å². The highest BCUT2D eigenvalue weighted by atomic mass is 19.1. The number of aliphatic hydroxyl groups is 2. The third kappa shape index (κ3) is 2.56. The number of hydrogen-bond acceptors (Lipinski definition) is 2. The maximum atomic E-state index is 13.5. The van der Waals surface area contributed by atoms with Gasteiger partial charge >= 0.3 is 0 Å². The van der Waals surface area contributed by atoms with Crippen LogP contribution in [-0.4, -0.2) is 22.4 Å². The van der Waals surface area contributed by atoms with Gasteiger partial charge in [-0.15, -0.1) is 13.2 Å². The maximum Gasteiger partial charge on any atom is 0.126 e. The maximum absolute atomic E-state index is 13.5. The molecular weight excluding hydrogens is 207 g/mol. The van der Waals surface area contributed by atoms with E-state index < -0.39 is 23.9 Å². The summed E-state index contributed by atoms with van der Waals surface area (Å²) in [6.45, 7) is 6.87. The number of aliphatic hydroxyl groups excluding tert-OH is 2. The summed E-state index contributed by atoms with van der Waals surface area (Å²) in [4.78, 5) is 0. The van der Waals surface area contributed by atoms with Gasteiger partial charge in [0.15, 0.2) is 0 Å². The van der Waals surface area contributed by atoms with E-state index in [1.165, 1.54) is 24.3 Å². The zero-order valence-corrected chi connectivity index (χ0v) is 8.88. The largest absolute Gasteiger partial charge is 0.388 e. The number of benzene rings is 1. The van der Waals surface area contributed by atoms with E-state index in [1.807, 2.05) is 0 Å². The predicted molar refractivity (Wildman–Crippen MR) is 61.5 cm³/mol. The van der Waals surface area contributed by atoms with Crippen LogP contribution >= 0.6 is 0 Å². The first-order chi connectivity index (χ1) is 7.61. The zero-order chi connectivity index (χ0) is 12.1. The van der Waals surface area contributed by atoms with Crippen LogP contribution in [0.2, 0.25) is 0 Å². The molecule has 3 heteroatoms. The van der Waals surface area contributed by atoms with E-state index >= 15 is 0 Å². The van der Waals surface area contributed by atoms with Crippen LogP contribution in [0.4, 0.5) is 4.39 Å². The standard InChI is InChI=1S/C13H15FO2/c1-3-11(15)13(12(16)4-2)9-7-5-6-8-10(9)14/h3-8,11-13,15-16H,1-2H2/t11-,12+,13?. The van der Waals surface area contributed by atoms with Crippen molar-refractivity contribution in [2.75, 3.05) is 0 Å². The van der Waals surface area contributed by atoms with Crippen LogP contribution in [0.15, 0.2) is 49.6 Å². The van der Waals surface area contributed by atoms with Crippen molar-refractivity contribution < 1.29 is 14.6 Å². The second-order valence-corrected chi connectivity index (χ2v) is 3.50. The minimum atomic E-state index is -1.02.